The Hall–Kier alpha value is -0.430. The third-order valence-electron chi connectivity index (χ3n) is 3.75. The van der Waals surface area contributed by atoms with E-state index in [1.54, 1.807) is 7.11 Å². The number of aromatic nitrogens is 2. The van der Waals surface area contributed by atoms with Gasteiger partial charge in [0.1, 0.15) is 0 Å². The minimum Gasteiger partial charge on any atom is -0.383 e. The molecule has 1 heterocycles. The van der Waals surface area contributed by atoms with E-state index in [4.69, 9.17) is 4.74 Å². The van der Waals surface area contributed by atoms with Crippen LogP contribution in [0.2, 0.25) is 0 Å². The minimum atomic E-state index is 0.310. The van der Waals surface area contributed by atoms with Crippen molar-refractivity contribution in [1.29, 1.82) is 0 Å². The van der Waals surface area contributed by atoms with Crippen LogP contribution in [0.5, 0.6) is 0 Å². The Morgan fingerprint density at radius 2 is 2.10 bits per heavy atom. The molecule has 0 aromatic carbocycles. The second-order valence-electron chi connectivity index (χ2n) is 5.02. The van der Waals surface area contributed by atoms with Gasteiger partial charge < -0.3 is 15.0 Å². The Labute approximate surface area is 137 Å². The fourth-order valence-electron chi connectivity index (χ4n) is 2.51. The zero-order valence-corrected chi connectivity index (χ0v) is 15.3. The van der Waals surface area contributed by atoms with Gasteiger partial charge in [-0.15, -0.1) is 0 Å². The first-order valence-electron chi connectivity index (χ1n) is 7.83. The van der Waals surface area contributed by atoms with E-state index in [2.05, 4.69) is 52.0 Å². The maximum atomic E-state index is 5.18. The topological polar surface area (TPSA) is 42.3 Å². The van der Waals surface area contributed by atoms with Gasteiger partial charge in [0.2, 0.25) is 0 Å². The van der Waals surface area contributed by atoms with E-state index in [-0.39, 0.29) is 0 Å². The SMILES string of the molecule is CCNC(CCN(CC)CC)c1c(Br)cnn1CCOC. The molecular weight excluding hydrogens is 332 g/mol. The van der Waals surface area contributed by atoms with E-state index in [9.17, 15) is 0 Å². The number of hydrogen-bond acceptors (Lipinski definition) is 4. The van der Waals surface area contributed by atoms with Crippen LogP contribution in [0.15, 0.2) is 10.7 Å². The number of halogens is 1. The molecule has 1 atom stereocenters. The number of hydrogen-bond donors (Lipinski definition) is 1. The fourth-order valence-corrected chi connectivity index (χ4v) is 3.08. The first-order valence-corrected chi connectivity index (χ1v) is 8.62. The average molecular weight is 361 g/mol. The molecule has 0 radical (unpaired) electrons. The summed E-state index contributed by atoms with van der Waals surface area (Å²) in [5.74, 6) is 0. The Balaban J connectivity index is 2.81. The van der Waals surface area contributed by atoms with Crippen molar-refractivity contribution in [2.24, 2.45) is 0 Å². The summed E-state index contributed by atoms with van der Waals surface area (Å²) in [6.45, 7) is 12.3. The lowest BCUT2D eigenvalue weighted by Gasteiger charge is -2.24. The van der Waals surface area contributed by atoms with Crippen molar-refractivity contribution < 1.29 is 4.74 Å². The molecule has 122 valence electrons. The molecule has 0 aliphatic heterocycles. The van der Waals surface area contributed by atoms with Crippen molar-refractivity contribution in [3.05, 3.63) is 16.4 Å². The van der Waals surface area contributed by atoms with E-state index in [1.807, 2.05) is 10.9 Å². The summed E-state index contributed by atoms with van der Waals surface area (Å²) in [4.78, 5) is 2.45. The quantitative estimate of drug-likeness (QED) is 0.658. The van der Waals surface area contributed by atoms with Crippen LogP contribution in [0.3, 0.4) is 0 Å². The maximum Gasteiger partial charge on any atom is 0.0697 e. The van der Waals surface area contributed by atoms with Gasteiger partial charge in [-0.3, -0.25) is 4.68 Å². The lowest BCUT2D eigenvalue weighted by molar-refractivity contribution is 0.181. The number of methoxy groups -OCH3 is 1. The molecule has 0 fully saturated rings. The van der Waals surface area contributed by atoms with Crippen LogP contribution in [0.25, 0.3) is 0 Å². The van der Waals surface area contributed by atoms with Crippen LogP contribution in [-0.4, -0.2) is 54.6 Å². The van der Waals surface area contributed by atoms with Crippen molar-refractivity contribution in [1.82, 2.24) is 20.0 Å². The van der Waals surface area contributed by atoms with Crippen molar-refractivity contribution in [2.75, 3.05) is 39.9 Å². The normalized spacial score (nSPS) is 13.0. The highest BCUT2D eigenvalue weighted by Crippen LogP contribution is 2.26. The predicted octanol–water partition coefficient (Wildman–Crippen LogP) is 2.67. The monoisotopic (exact) mass is 360 g/mol. The highest BCUT2D eigenvalue weighted by Gasteiger charge is 2.20. The van der Waals surface area contributed by atoms with Gasteiger partial charge in [0, 0.05) is 7.11 Å². The van der Waals surface area contributed by atoms with Crippen molar-refractivity contribution >= 4 is 15.9 Å². The van der Waals surface area contributed by atoms with Gasteiger partial charge >= 0.3 is 0 Å². The maximum absolute atomic E-state index is 5.18. The van der Waals surface area contributed by atoms with E-state index in [0.29, 0.717) is 12.6 Å². The molecule has 0 spiro atoms. The molecular formula is C15H29BrN4O. The van der Waals surface area contributed by atoms with E-state index in [1.165, 1.54) is 5.69 Å². The fraction of sp³-hybridized carbons (Fsp3) is 0.800. The van der Waals surface area contributed by atoms with Crippen LogP contribution in [-0.2, 0) is 11.3 Å². The Bertz CT molecular complexity index is 393. The summed E-state index contributed by atoms with van der Waals surface area (Å²) < 4.78 is 8.30. The molecule has 0 aliphatic rings. The molecule has 0 bridgehead atoms. The lowest BCUT2D eigenvalue weighted by atomic mass is 10.1. The summed E-state index contributed by atoms with van der Waals surface area (Å²) in [5.41, 5.74) is 1.22. The highest BCUT2D eigenvalue weighted by molar-refractivity contribution is 9.10. The summed E-state index contributed by atoms with van der Waals surface area (Å²) >= 11 is 3.64. The molecule has 1 N–H and O–H groups in total. The van der Waals surface area contributed by atoms with Crippen molar-refractivity contribution in [2.45, 2.75) is 39.8 Å². The van der Waals surface area contributed by atoms with Crippen LogP contribution < -0.4 is 5.32 Å². The van der Waals surface area contributed by atoms with Crippen LogP contribution >= 0.6 is 15.9 Å². The van der Waals surface area contributed by atoms with Gasteiger partial charge in [-0.05, 0) is 48.5 Å². The molecule has 0 saturated heterocycles. The van der Waals surface area contributed by atoms with Gasteiger partial charge in [0.25, 0.3) is 0 Å². The van der Waals surface area contributed by atoms with Gasteiger partial charge in [0.15, 0.2) is 0 Å². The first kappa shape index (κ1) is 18.6. The molecule has 5 nitrogen and oxygen atoms in total. The third kappa shape index (κ3) is 5.70. The second-order valence-corrected chi connectivity index (χ2v) is 5.87. The number of nitrogens with zero attached hydrogens (tertiary/aromatic N) is 3. The molecule has 0 saturated carbocycles. The Morgan fingerprint density at radius 1 is 1.38 bits per heavy atom. The summed E-state index contributed by atoms with van der Waals surface area (Å²) in [6, 6.07) is 0.310. The van der Waals surface area contributed by atoms with Gasteiger partial charge in [-0.1, -0.05) is 20.8 Å². The van der Waals surface area contributed by atoms with Crippen LogP contribution in [0, 0.1) is 0 Å². The number of nitrogens with one attached hydrogen (secondary N) is 1. The zero-order chi connectivity index (χ0) is 15.7. The largest absolute Gasteiger partial charge is 0.383 e. The van der Waals surface area contributed by atoms with E-state index < -0.39 is 0 Å². The Kier molecular flexibility index (Phi) is 9.15. The lowest BCUT2D eigenvalue weighted by Crippen LogP contribution is -2.31. The molecule has 0 amide bonds. The summed E-state index contributed by atoms with van der Waals surface area (Å²) in [5, 5.41) is 8.05. The summed E-state index contributed by atoms with van der Waals surface area (Å²) in [6.07, 6.45) is 2.96. The van der Waals surface area contributed by atoms with Crippen LogP contribution in [0.4, 0.5) is 0 Å². The van der Waals surface area contributed by atoms with Crippen molar-refractivity contribution in [3.8, 4) is 0 Å². The molecule has 21 heavy (non-hydrogen) atoms. The molecule has 0 aliphatic carbocycles. The number of ether oxygens (including phenoxy) is 1. The molecule has 1 aromatic heterocycles. The van der Waals surface area contributed by atoms with Gasteiger partial charge in [-0.25, -0.2) is 0 Å². The molecule has 1 rings (SSSR count). The first-order chi connectivity index (χ1) is 10.2. The van der Waals surface area contributed by atoms with Crippen LogP contribution in [0.1, 0.15) is 38.9 Å². The third-order valence-corrected chi connectivity index (χ3v) is 4.36. The Morgan fingerprint density at radius 3 is 2.67 bits per heavy atom. The summed E-state index contributed by atoms with van der Waals surface area (Å²) in [7, 11) is 1.72. The molecule has 1 unspecified atom stereocenters. The second kappa shape index (κ2) is 10.3. The van der Waals surface area contributed by atoms with Gasteiger partial charge in [-0.2, -0.15) is 5.10 Å². The average Bonchev–Trinajstić information content (AvgIpc) is 2.86. The van der Waals surface area contributed by atoms with E-state index >= 15 is 0 Å². The standard InChI is InChI=1S/C15H29BrN4O/c1-5-17-14(8-9-19(6-2)7-3)15-13(16)12-18-20(15)10-11-21-4/h12,14,17H,5-11H2,1-4H3. The van der Waals surface area contributed by atoms with Crippen molar-refractivity contribution in [3.63, 3.8) is 0 Å². The van der Waals surface area contributed by atoms with Gasteiger partial charge in [0.05, 0.1) is 35.6 Å². The van der Waals surface area contributed by atoms with E-state index in [0.717, 1.165) is 43.6 Å². The smallest absolute Gasteiger partial charge is 0.0697 e. The molecule has 6 heteroatoms. The number of rotatable bonds is 11. The zero-order valence-electron chi connectivity index (χ0n) is 13.7. The highest BCUT2D eigenvalue weighted by atomic mass is 79.9. The minimum absolute atomic E-state index is 0.310. The predicted molar refractivity (Wildman–Crippen MR) is 90.6 cm³/mol. The molecule has 1 aromatic rings.